The summed E-state index contributed by atoms with van der Waals surface area (Å²) in [5.41, 5.74) is 1.12. The molecule has 3 nitrogen and oxygen atoms in total. The van der Waals surface area contributed by atoms with E-state index in [0.29, 0.717) is 6.61 Å². The van der Waals surface area contributed by atoms with Gasteiger partial charge < -0.3 is 14.6 Å². The summed E-state index contributed by atoms with van der Waals surface area (Å²) in [7, 11) is 0. The standard InChI is InChI=1S/C11H14O3/c1-2-3-7-6-13-11-5-4-8(14-11)10(12)9(7)11/h2-3,8-10,12H,1,4-6H2/b7-3+/t8-,9+,10+,11+/m0/s1. The molecule has 3 heteroatoms. The number of ether oxygens (including phenoxy) is 2. The van der Waals surface area contributed by atoms with E-state index in [9.17, 15) is 5.11 Å². The monoisotopic (exact) mass is 194 g/mol. The Bertz CT molecular complexity index is 310. The van der Waals surface area contributed by atoms with Crippen LogP contribution in [0.2, 0.25) is 0 Å². The molecule has 0 aromatic carbocycles. The smallest absolute Gasteiger partial charge is 0.178 e. The summed E-state index contributed by atoms with van der Waals surface area (Å²) in [6, 6.07) is 0. The van der Waals surface area contributed by atoms with E-state index in [2.05, 4.69) is 6.58 Å². The molecular weight excluding hydrogens is 180 g/mol. The fourth-order valence-electron chi connectivity index (χ4n) is 2.96. The Labute approximate surface area is 83.0 Å². The maximum atomic E-state index is 10.0. The summed E-state index contributed by atoms with van der Waals surface area (Å²) in [5, 5.41) is 10.0. The molecule has 3 aliphatic heterocycles. The van der Waals surface area contributed by atoms with Crippen molar-refractivity contribution in [3.63, 3.8) is 0 Å². The Balaban J connectivity index is 1.99. The summed E-state index contributed by atoms with van der Waals surface area (Å²) < 4.78 is 11.4. The first-order valence-corrected chi connectivity index (χ1v) is 5.08. The van der Waals surface area contributed by atoms with E-state index in [1.165, 1.54) is 0 Å². The predicted octanol–water partition coefficient (Wildman–Crippen LogP) is 0.995. The summed E-state index contributed by atoms with van der Waals surface area (Å²) in [6.45, 7) is 4.24. The van der Waals surface area contributed by atoms with Crippen molar-refractivity contribution in [3.05, 3.63) is 24.3 Å². The Morgan fingerprint density at radius 1 is 1.57 bits per heavy atom. The first-order valence-electron chi connectivity index (χ1n) is 5.08. The molecule has 4 atom stereocenters. The topological polar surface area (TPSA) is 38.7 Å². The van der Waals surface area contributed by atoms with Crippen LogP contribution in [0, 0.1) is 5.92 Å². The van der Waals surface area contributed by atoms with E-state index in [4.69, 9.17) is 9.47 Å². The molecule has 3 heterocycles. The van der Waals surface area contributed by atoms with Crippen molar-refractivity contribution in [1.29, 1.82) is 0 Å². The minimum Gasteiger partial charge on any atom is -0.390 e. The fraction of sp³-hybridized carbons (Fsp3) is 0.636. The Morgan fingerprint density at radius 3 is 3.21 bits per heavy atom. The number of fused-ring (bicyclic) bond motifs is 1. The van der Waals surface area contributed by atoms with Crippen molar-refractivity contribution in [2.75, 3.05) is 6.61 Å². The van der Waals surface area contributed by atoms with Crippen LogP contribution in [0.5, 0.6) is 0 Å². The summed E-state index contributed by atoms with van der Waals surface area (Å²) in [5.74, 6) is -0.460. The first-order chi connectivity index (χ1) is 6.77. The fourth-order valence-corrected chi connectivity index (χ4v) is 2.96. The minimum atomic E-state index is -0.501. The molecule has 2 bridgehead atoms. The van der Waals surface area contributed by atoms with Crippen molar-refractivity contribution in [1.82, 2.24) is 0 Å². The number of rotatable bonds is 1. The molecule has 3 saturated heterocycles. The number of aliphatic hydroxyl groups is 1. The van der Waals surface area contributed by atoms with Crippen LogP contribution in [0.4, 0.5) is 0 Å². The van der Waals surface area contributed by atoms with Gasteiger partial charge in [-0.2, -0.15) is 0 Å². The molecule has 0 aromatic rings. The van der Waals surface area contributed by atoms with E-state index < -0.39 is 11.9 Å². The SMILES string of the molecule is C=C/C=C1\CO[C@]23CC[C@H](O2)[C@@H](O)[C@@H]13. The van der Waals surface area contributed by atoms with Gasteiger partial charge in [-0.15, -0.1) is 0 Å². The second kappa shape index (κ2) is 2.69. The molecule has 0 saturated carbocycles. The number of aliphatic hydroxyl groups excluding tert-OH is 1. The average molecular weight is 194 g/mol. The zero-order valence-corrected chi connectivity index (χ0v) is 7.98. The van der Waals surface area contributed by atoms with Crippen molar-refractivity contribution in [3.8, 4) is 0 Å². The van der Waals surface area contributed by atoms with Gasteiger partial charge in [-0.1, -0.05) is 18.7 Å². The molecule has 3 fully saturated rings. The first kappa shape index (κ1) is 8.65. The highest BCUT2D eigenvalue weighted by molar-refractivity contribution is 5.26. The molecule has 0 aliphatic carbocycles. The lowest BCUT2D eigenvalue weighted by Gasteiger charge is -2.26. The molecule has 0 unspecified atom stereocenters. The summed E-state index contributed by atoms with van der Waals surface area (Å²) >= 11 is 0. The number of hydrogen-bond acceptors (Lipinski definition) is 3. The third kappa shape index (κ3) is 0.874. The van der Waals surface area contributed by atoms with Crippen LogP contribution in [0.3, 0.4) is 0 Å². The van der Waals surface area contributed by atoms with Crippen molar-refractivity contribution in [2.45, 2.75) is 30.8 Å². The highest BCUT2D eigenvalue weighted by Crippen LogP contribution is 2.55. The van der Waals surface area contributed by atoms with Crippen LogP contribution < -0.4 is 0 Å². The van der Waals surface area contributed by atoms with E-state index >= 15 is 0 Å². The molecule has 3 aliphatic rings. The van der Waals surface area contributed by atoms with Crippen molar-refractivity contribution < 1.29 is 14.6 Å². The Hall–Kier alpha value is -0.640. The van der Waals surface area contributed by atoms with Crippen molar-refractivity contribution in [2.24, 2.45) is 5.92 Å². The van der Waals surface area contributed by atoms with E-state index in [1.807, 2.05) is 6.08 Å². The van der Waals surface area contributed by atoms with Crippen LogP contribution in [0.15, 0.2) is 24.3 Å². The number of allylic oxidation sites excluding steroid dienone is 2. The largest absolute Gasteiger partial charge is 0.390 e. The lowest BCUT2D eigenvalue weighted by atomic mass is 9.81. The normalized spacial score (nSPS) is 52.6. The maximum absolute atomic E-state index is 10.0. The van der Waals surface area contributed by atoms with Crippen LogP contribution >= 0.6 is 0 Å². The van der Waals surface area contributed by atoms with E-state index in [1.54, 1.807) is 6.08 Å². The third-order valence-electron chi connectivity index (χ3n) is 3.54. The Kier molecular flexibility index (Phi) is 1.66. The Morgan fingerprint density at radius 2 is 2.43 bits per heavy atom. The van der Waals surface area contributed by atoms with Gasteiger partial charge in [0.15, 0.2) is 5.79 Å². The van der Waals surface area contributed by atoms with Gasteiger partial charge in [-0.3, -0.25) is 0 Å². The van der Waals surface area contributed by atoms with Crippen LogP contribution in [0.1, 0.15) is 12.8 Å². The van der Waals surface area contributed by atoms with Crippen LogP contribution in [0.25, 0.3) is 0 Å². The zero-order valence-electron chi connectivity index (χ0n) is 7.98. The molecule has 0 amide bonds. The van der Waals surface area contributed by atoms with Gasteiger partial charge in [0.25, 0.3) is 0 Å². The molecule has 1 N–H and O–H groups in total. The maximum Gasteiger partial charge on any atom is 0.178 e. The molecule has 0 radical (unpaired) electrons. The third-order valence-corrected chi connectivity index (χ3v) is 3.54. The van der Waals surface area contributed by atoms with Gasteiger partial charge in [0, 0.05) is 6.42 Å². The van der Waals surface area contributed by atoms with Gasteiger partial charge in [-0.05, 0) is 12.0 Å². The quantitative estimate of drug-likeness (QED) is 0.676. The van der Waals surface area contributed by atoms with Crippen LogP contribution in [-0.2, 0) is 9.47 Å². The van der Waals surface area contributed by atoms with Gasteiger partial charge in [0.1, 0.15) is 0 Å². The molecule has 76 valence electrons. The van der Waals surface area contributed by atoms with Gasteiger partial charge >= 0.3 is 0 Å². The molecule has 0 aromatic heterocycles. The summed E-state index contributed by atoms with van der Waals surface area (Å²) in [4.78, 5) is 0. The second-order valence-electron chi connectivity index (χ2n) is 4.24. The highest BCUT2D eigenvalue weighted by atomic mass is 16.7. The summed E-state index contributed by atoms with van der Waals surface area (Å²) in [6.07, 6.45) is 5.10. The molecule has 1 spiro atoms. The number of hydrogen-bond donors (Lipinski definition) is 1. The molecular formula is C11H14O3. The lowest BCUT2D eigenvalue weighted by Crippen LogP contribution is -2.37. The van der Waals surface area contributed by atoms with Crippen LogP contribution in [-0.4, -0.2) is 29.7 Å². The lowest BCUT2D eigenvalue weighted by molar-refractivity contribution is -0.182. The van der Waals surface area contributed by atoms with Gasteiger partial charge in [-0.25, -0.2) is 0 Å². The highest BCUT2D eigenvalue weighted by Gasteiger charge is 2.64. The minimum absolute atomic E-state index is 0.0199. The van der Waals surface area contributed by atoms with Gasteiger partial charge in [0.2, 0.25) is 0 Å². The van der Waals surface area contributed by atoms with Crippen molar-refractivity contribution >= 4 is 0 Å². The van der Waals surface area contributed by atoms with E-state index in [-0.39, 0.29) is 12.0 Å². The van der Waals surface area contributed by atoms with E-state index in [0.717, 1.165) is 18.4 Å². The molecule has 14 heavy (non-hydrogen) atoms. The zero-order chi connectivity index (χ0) is 9.76. The predicted molar refractivity (Wildman–Crippen MR) is 50.6 cm³/mol. The second-order valence-corrected chi connectivity index (χ2v) is 4.24. The van der Waals surface area contributed by atoms with Gasteiger partial charge in [0.05, 0.1) is 24.7 Å². The molecule has 3 rings (SSSR count). The average Bonchev–Trinajstić information content (AvgIpc) is 2.79.